The lowest BCUT2D eigenvalue weighted by Gasteiger charge is -2.01. The molecule has 0 saturated heterocycles. The molecule has 5 heteroatoms. The largest absolute Gasteiger partial charge is 0.478 e. The van der Waals surface area contributed by atoms with E-state index in [2.05, 4.69) is 4.98 Å². The molecule has 72 valence electrons. The van der Waals surface area contributed by atoms with Gasteiger partial charge in [0, 0.05) is 17.1 Å². The molecule has 3 nitrogen and oxygen atoms in total. The lowest BCUT2D eigenvalue weighted by Crippen LogP contribution is -1.99. The Morgan fingerprint density at radius 1 is 1.57 bits per heavy atom. The molecule has 2 rings (SSSR count). The molecule has 0 aliphatic heterocycles. The van der Waals surface area contributed by atoms with Crippen molar-refractivity contribution >= 4 is 28.5 Å². The molecule has 0 amide bonds. The maximum atomic E-state index is 13.4. The second-order valence-electron chi connectivity index (χ2n) is 2.80. The molecule has 0 aliphatic rings. The normalized spacial score (nSPS) is 10.7. The van der Waals surface area contributed by atoms with E-state index in [0.717, 1.165) is 0 Å². The van der Waals surface area contributed by atoms with Crippen LogP contribution in [-0.4, -0.2) is 16.1 Å². The van der Waals surface area contributed by atoms with E-state index in [4.69, 9.17) is 16.7 Å². The number of halogens is 2. The molecule has 0 fully saturated rings. The van der Waals surface area contributed by atoms with Crippen LogP contribution < -0.4 is 0 Å². The minimum absolute atomic E-state index is 0.237. The van der Waals surface area contributed by atoms with E-state index in [1.165, 1.54) is 18.3 Å². The minimum atomic E-state index is -1.24. The van der Waals surface area contributed by atoms with Crippen molar-refractivity contribution in [2.75, 3.05) is 0 Å². The Bertz CT molecular complexity index is 521. The van der Waals surface area contributed by atoms with Crippen LogP contribution in [0.5, 0.6) is 0 Å². The molecule has 0 saturated carbocycles. The van der Waals surface area contributed by atoms with Crippen molar-refractivity contribution in [2.45, 2.75) is 0 Å². The fourth-order valence-electron chi connectivity index (χ4n) is 1.29. The maximum Gasteiger partial charge on any atom is 0.337 e. The summed E-state index contributed by atoms with van der Waals surface area (Å²) in [6.45, 7) is 0. The average molecular weight is 214 g/mol. The highest BCUT2D eigenvalue weighted by Crippen LogP contribution is 2.27. The van der Waals surface area contributed by atoms with Crippen LogP contribution in [0, 0.1) is 5.82 Å². The van der Waals surface area contributed by atoms with Gasteiger partial charge in [0.2, 0.25) is 0 Å². The third-order valence-corrected chi connectivity index (χ3v) is 2.33. The fourth-order valence-corrected chi connectivity index (χ4v) is 1.53. The van der Waals surface area contributed by atoms with E-state index >= 15 is 0 Å². The van der Waals surface area contributed by atoms with Gasteiger partial charge in [-0.05, 0) is 12.1 Å². The summed E-state index contributed by atoms with van der Waals surface area (Å²) in [4.78, 5) is 13.4. The molecule has 1 heterocycles. The Balaban J connectivity index is 2.87. The standard InChI is InChI=1S/C9H5ClFNO2/c10-7-5(9(13)14)3-6-4(8(7)11)1-2-12-6/h1-3,12H,(H,13,14). The number of carboxylic acids is 1. The van der Waals surface area contributed by atoms with Gasteiger partial charge in [-0.25, -0.2) is 9.18 Å². The second-order valence-corrected chi connectivity index (χ2v) is 3.17. The number of hydrogen-bond donors (Lipinski definition) is 2. The average Bonchev–Trinajstić information content (AvgIpc) is 2.58. The summed E-state index contributed by atoms with van der Waals surface area (Å²) >= 11 is 5.55. The molecule has 2 N–H and O–H groups in total. The zero-order chi connectivity index (χ0) is 10.3. The highest BCUT2D eigenvalue weighted by atomic mass is 35.5. The van der Waals surface area contributed by atoms with Gasteiger partial charge < -0.3 is 10.1 Å². The highest BCUT2D eigenvalue weighted by molar-refractivity contribution is 6.34. The monoisotopic (exact) mass is 213 g/mol. The first kappa shape index (κ1) is 9.02. The van der Waals surface area contributed by atoms with Crippen molar-refractivity contribution in [3.05, 3.63) is 34.7 Å². The van der Waals surface area contributed by atoms with E-state index in [9.17, 15) is 9.18 Å². The third kappa shape index (κ3) is 1.15. The quantitative estimate of drug-likeness (QED) is 0.765. The van der Waals surface area contributed by atoms with E-state index in [1.54, 1.807) is 0 Å². The van der Waals surface area contributed by atoms with Crippen molar-refractivity contribution in [3.8, 4) is 0 Å². The molecule has 14 heavy (non-hydrogen) atoms. The number of aromatic carboxylic acids is 1. The Hall–Kier alpha value is -1.55. The first-order valence-corrected chi connectivity index (χ1v) is 4.17. The van der Waals surface area contributed by atoms with Gasteiger partial charge in [-0.2, -0.15) is 0 Å². The second kappa shape index (κ2) is 2.99. The summed E-state index contributed by atoms with van der Waals surface area (Å²) in [6.07, 6.45) is 1.52. The van der Waals surface area contributed by atoms with Crippen molar-refractivity contribution < 1.29 is 14.3 Å². The summed E-state index contributed by atoms with van der Waals surface area (Å²) in [7, 11) is 0. The summed E-state index contributed by atoms with van der Waals surface area (Å²) < 4.78 is 13.4. The molecule has 0 radical (unpaired) electrons. The first-order chi connectivity index (χ1) is 6.61. The molecule has 0 bridgehead atoms. The number of carboxylic acid groups (broad SMARTS) is 1. The van der Waals surface area contributed by atoms with E-state index in [0.29, 0.717) is 10.9 Å². The third-order valence-electron chi connectivity index (χ3n) is 1.96. The lowest BCUT2D eigenvalue weighted by atomic mass is 10.1. The van der Waals surface area contributed by atoms with Crippen LogP contribution in [-0.2, 0) is 0 Å². The number of aromatic nitrogens is 1. The smallest absolute Gasteiger partial charge is 0.337 e. The van der Waals surface area contributed by atoms with Crippen molar-refractivity contribution in [2.24, 2.45) is 0 Å². The number of rotatable bonds is 1. The summed E-state index contributed by atoms with van der Waals surface area (Å²) in [6, 6.07) is 2.81. The highest BCUT2D eigenvalue weighted by Gasteiger charge is 2.16. The molecule has 1 aromatic heterocycles. The Kier molecular flexibility index (Phi) is 1.93. The van der Waals surface area contributed by atoms with Crippen LogP contribution in [0.25, 0.3) is 10.9 Å². The van der Waals surface area contributed by atoms with Gasteiger partial charge in [0.25, 0.3) is 0 Å². The van der Waals surface area contributed by atoms with E-state index < -0.39 is 11.8 Å². The number of benzene rings is 1. The first-order valence-electron chi connectivity index (χ1n) is 3.79. The predicted molar refractivity (Wildman–Crippen MR) is 50.2 cm³/mol. The van der Waals surface area contributed by atoms with Gasteiger partial charge in [-0.1, -0.05) is 11.6 Å². The molecular weight excluding hydrogens is 209 g/mol. The molecule has 2 aromatic rings. The maximum absolute atomic E-state index is 13.4. The van der Waals surface area contributed by atoms with Gasteiger partial charge in [-0.15, -0.1) is 0 Å². The molecule has 0 aliphatic carbocycles. The predicted octanol–water partition coefficient (Wildman–Crippen LogP) is 2.66. The van der Waals surface area contributed by atoms with Crippen molar-refractivity contribution in [3.63, 3.8) is 0 Å². The van der Waals surface area contributed by atoms with Crippen LogP contribution in [0.2, 0.25) is 5.02 Å². The molecule has 0 spiro atoms. The van der Waals surface area contributed by atoms with Gasteiger partial charge in [0.05, 0.1) is 10.6 Å². The minimum Gasteiger partial charge on any atom is -0.478 e. The Morgan fingerprint density at radius 2 is 2.29 bits per heavy atom. The van der Waals surface area contributed by atoms with Gasteiger partial charge in [0.1, 0.15) is 0 Å². The molecule has 1 aromatic carbocycles. The zero-order valence-electron chi connectivity index (χ0n) is 6.84. The van der Waals surface area contributed by atoms with E-state index in [1.807, 2.05) is 0 Å². The zero-order valence-corrected chi connectivity index (χ0v) is 7.60. The summed E-state index contributed by atoms with van der Waals surface area (Å²) in [5.74, 6) is -1.95. The van der Waals surface area contributed by atoms with E-state index in [-0.39, 0.29) is 10.6 Å². The lowest BCUT2D eigenvalue weighted by molar-refractivity contribution is 0.0696. The van der Waals surface area contributed by atoms with Gasteiger partial charge >= 0.3 is 5.97 Å². The van der Waals surface area contributed by atoms with Crippen LogP contribution in [0.4, 0.5) is 4.39 Å². The van der Waals surface area contributed by atoms with Gasteiger partial charge in [-0.3, -0.25) is 0 Å². The van der Waals surface area contributed by atoms with Crippen LogP contribution in [0.1, 0.15) is 10.4 Å². The summed E-state index contributed by atoms with van der Waals surface area (Å²) in [5, 5.41) is 8.66. The van der Waals surface area contributed by atoms with Crippen molar-refractivity contribution in [1.29, 1.82) is 0 Å². The molecule has 0 atom stereocenters. The van der Waals surface area contributed by atoms with Crippen LogP contribution in [0.3, 0.4) is 0 Å². The Labute approximate surface area is 83.1 Å². The van der Waals surface area contributed by atoms with Gasteiger partial charge in [0.15, 0.2) is 5.82 Å². The number of fused-ring (bicyclic) bond motifs is 1. The van der Waals surface area contributed by atoms with Crippen molar-refractivity contribution in [1.82, 2.24) is 4.98 Å². The number of H-pyrrole nitrogens is 1. The SMILES string of the molecule is O=C(O)c1cc2[nH]ccc2c(F)c1Cl. The molecule has 0 unspecified atom stereocenters. The number of aromatic amines is 1. The van der Waals surface area contributed by atoms with Crippen LogP contribution >= 0.6 is 11.6 Å². The number of nitrogens with one attached hydrogen (secondary N) is 1. The molecular formula is C9H5ClFNO2. The summed E-state index contributed by atoms with van der Waals surface area (Å²) in [5.41, 5.74) is 0.184. The Morgan fingerprint density at radius 3 is 2.93 bits per heavy atom. The fraction of sp³-hybridized carbons (Fsp3) is 0. The van der Waals surface area contributed by atoms with Crippen LogP contribution in [0.15, 0.2) is 18.3 Å². The number of hydrogen-bond acceptors (Lipinski definition) is 1. The number of carbonyl (C=O) groups is 1. The topological polar surface area (TPSA) is 53.1 Å².